The van der Waals surface area contributed by atoms with E-state index in [1.54, 1.807) is 21.8 Å². The molecule has 25 heavy (non-hydrogen) atoms. The maximum atomic E-state index is 11.3. The first kappa shape index (κ1) is 15.3. The summed E-state index contributed by atoms with van der Waals surface area (Å²) in [5, 5.41) is 16.4. The van der Waals surface area contributed by atoms with E-state index in [2.05, 4.69) is 35.5 Å². The number of aromatic nitrogens is 6. The van der Waals surface area contributed by atoms with E-state index < -0.39 is 5.69 Å². The Hall–Kier alpha value is -3.21. The highest BCUT2D eigenvalue weighted by atomic mass is 16.3. The van der Waals surface area contributed by atoms with Crippen LogP contribution >= 0.6 is 0 Å². The molecule has 3 aromatic heterocycles. The number of anilines is 1. The van der Waals surface area contributed by atoms with Crippen LogP contribution in [0.15, 0.2) is 16.0 Å². The van der Waals surface area contributed by atoms with E-state index in [0.717, 1.165) is 12.8 Å². The van der Waals surface area contributed by atoms with Gasteiger partial charge < -0.3 is 10.1 Å². The number of nitrogens with one attached hydrogen (secondary N) is 3. The Bertz CT molecular complexity index is 1100. The predicted octanol–water partition coefficient (Wildman–Crippen LogP) is -1.65. The van der Waals surface area contributed by atoms with Crippen LogP contribution in [0.1, 0.15) is 18.5 Å². The first-order chi connectivity index (χ1) is 12.0. The van der Waals surface area contributed by atoms with Crippen molar-refractivity contribution in [1.29, 1.82) is 0 Å². The van der Waals surface area contributed by atoms with Crippen LogP contribution in [0.4, 0.5) is 5.95 Å². The number of aromatic hydroxyl groups is 1. The lowest BCUT2D eigenvalue weighted by Crippen LogP contribution is -2.28. The normalized spacial score (nSPS) is 16.3. The van der Waals surface area contributed by atoms with Crippen LogP contribution in [0.3, 0.4) is 0 Å². The lowest BCUT2D eigenvalue weighted by molar-refractivity contribution is 0.454. The molecule has 0 amide bonds. The highest BCUT2D eigenvalue weighted by Gasteiger charge is 2.21. The number of rotatable bonds is 4. The third-order valence-electron chi connectivity index (χ3n) is 3.58. The van der Waals surface area contributed by atoms with Crippen LogP contribution in [0.25, 0.3) is 11.7 Å². The number of imidazole rings is 1. The van der Waals surface area contributed by atoms with Crippen molar-refractivity contribution in [2.45, 2.75) is 18.9 Å². The van der Waals surface area contributed by atoms with Crippen LogP contribution in [0, 0.1) is 0 Å². The van der Waals surface area contributed by atoms with E-state index in [1.807, 2.05) is 14.1 Å². The van der Waals surface area contributed by atoms with E-state index in [-0.39, 0.29) is 17.6 Å². The number of hydrazine groups is 1. The molecule has 0 aliphatic heterocycles. The zero-order valence-corrected chi connectivity index (χ0v) is 13.7. The average Bonchev–Trinajstić information content (AvgIpc) is 3.17. The molecule has 11 heteroatoms. The largest absolute Gasteiger partial charge is 0.493 e. The van der Waals surface area contributed by atoms with Gasteiger partial charge in [0.15, 0.2) is 5.65 Å². The molecule has 0 aromatic carbocycles. The van der Waals surface area contributed by atoms with E-state index in [9.17, 15) is 9.90 Å². The van der Waals surface area contributed by atoms with Gasteiger partial charge in [-0.05, 0) is 18.9 Å². The minimum Gasteiger partial charge on any atom is -0.493 e. The van der Waals surface area contributed by atoms with Gasteiger partial charge in [0.05, 0.1) is 12.2 Å². The highest BCUT2D eigenvalue weighted by molar-refractivity contribution is 5.56. The third-order valence-corrected chi connectivity index (χ3v) is 3.58. The standard InChI is InChI=1S/C14H17N9O2/c1-22(2)21-12-18-10-7(5-9-11(24)19-14(25)17-9)6-15-23(10)13(20-12)16-8-3-4-8/h5-6,8,24H,3-4H2,1-2H3,(H,16,20,21)(H2,17,19,25)/b7-5+. The molecule has 0 spiro atoms. The van der Waals surface area contributed by atoms with E-state index in [1.165, 1.54) is 0 Å². The fraction of sp³-hybridized carbons (Fsp3) is 0.357. The van der Waals surface area contributed by atoms with E-state index in [4.69, 9.17) is 0 Å². The lowest BCUT2D eigenvalue weighted by Gasteiger charge is -2.11. The SMILES string of the molecule is CN(C)Nc1nc(=NC2CC2)n2nc/c(=C\c3[nH]c(=O)[nH]c3O)c2n1. The van der Waals surface area contributed by atoms with Gasteiger partial charge in [0.2, 0.25) is 11.8 Å². The fourth-order valence-corrected chi connectivity index (χ4v) is 2.33. The summed E-state index contributed by atoms with van der Waals surface area (Å²) < 4.78 is 1.55. The molecule has 4 N–H and O–H groups in total. The average molecular weight is 343 g/mol. The Kier molecular flexibility index (Phi) is 3.50. The van der Waals surface area contributed by atoms with Gasteiger partial charge in [0.25, 0.3) is 5.62 Å². The van der Waals surface area contributed by atoms with Crippen molar-refractivity contribution < 1.29 is 5.11 Å². The molecule has 11 nitrogen and oxygen atoms in total. The summed E-state index contributed by atoms with van der Waals surface area (Å²) in [6.45, 7) is 0. The molecule has 1 aliphatic carbocycles. The molecule has 1 saturated carbocycles. The zero-order chi connectivity index (χ0) is 17.6. The van der Waals surface area contributed by atoms with Gasteiger partial charge in [-0.15, -0.1) is 0 Å². The van der Waals surface area contributed by atoms with Crippen molar-refractivity contribution in [1.82, 2.24) is 34.6 Å². The molecule has 0 bridgehead atoms. The molecule has 4 rings (SSSR count). The van der Waals surface area contributed by atoms with Gasteiger partial charge >= 0.3 is 5.69 Å². The summed E-state index contributed by atoms with van der Waals surface area (Å²) in [7, 11) is 3.66. The molecular weight excluding hydrogens is 326 g/mol. The Labute approximate surface area is 140 Å². The summed E-state index contributed by atoms with van der Waals surface area (Å²) in [5.74, 6) is 0.145. The van der Waals surface area contributed by atoms with Crippen LogP contribution in [-0.2, 0) is 0 Å². The molecule has 0 radical (unpaired) electrons. The fourth-order valence-electron chi connectivity index (χ4n) is 2.33. The van der Waals surface area contributed by atoms with Crippen molar-refractivity contribution in [2.75, 3.05) is 19.5 Å². The van der Waals surface area contributed by atoms with Gasteiger partial charge in [-0.2, -0.15) is 19.6 Å². The zero-order valence-electron chi connectivity index (χ0n) is 13.7. The molecular formula is C14H17N9O2. The molecule has 3 heterocycles. The number of hydrogen-bond donors (Lipinski definition) is 4. The Morgan fingerprint density at radius 2 is 2.20 bits per heavy atom. The molecule has 130 valence electrons. The topological polar surface area (TPSA) is 140 Å². The summed E-state index contributed by atoms with van der Waals surface area (Å²) in [6, 6.07) is 0.270. The van der Waals surface area contributed by atoms with Crippen LogP contribution < -0.4 is 22.0 Å². The maximum Gasteiger partial charge on any atom is 0.326 e. The first-order valence-electron chi connectivity index (χ1n) is 7.76. The predicted molar refractivity (Wildman–Crippen MR) is 88.5 cm³/mol. The smallest absolute Gasteiger partial charge is 0.326 e. The Morgan fingerprint density at radius 3 is 2.84 bits per heavy atom. The van der Waals surface area contributed by atoms with Crippen LogP contribution in [-0.4, -0.2) is 59.8 Å². The van der Waals surface area contributed by atoms with E-state index >= 15 is 0 Å². The maximum absolute atomic E-state index is 11.3. The van der Waals surface area contributed by atoms with Gasteiger partial charge in [0.1, 0.15) is 5.69 Å². The first-order valence-corrected chi connectivity index (χ1v) is 7.76. The molecule has 0 saturated heterocycles. The minimum absolute atomic E-state index is 0.243. The molecule has 1 fully saturated rings. The quantitative estimate of drug-likeness (QED) is 0.416. The minimum atomic E-state index is -0.491. The summed E-state index contributed by atoms with van der Waals surface area (Å²) >= 11 is 0. The number of hydrogen-bond acceptors (Lipinski definition) is 8. The van der Waals surface area contributed by atoms with E-state index in [0.29, 0.717) is 22.4 Å². The Balaban J connectivity index is 1.94. The summed E-state index contributed by atoms with van der Waals surface area (Å²) in [5.41, 5.74) is 3.75. The van der Waals surface area contributed by atoms with Gasteiger partial charge in [-0.3, -0.25) is 10.4 Å². The van der Waals surface area contributed by atoms with Crippen LogP contribution in [0.5, 0.6) is 5.88 Å². The Morgan fingerprint density at radius 1 is 1.40 bits per heavy atom. The number of aromatic amines is 2. The summed E-state index contributed by atoms with van der Waals surface area (Å²) in [6.07, 6.45) is 5.25. The van der Waals surface area contributed by atoms with Crippen molar-refractivity contribution in [3.05, 3.63) is 33.2 Å². The van der Waals surface area contributed by atoms with Gasteiger partial charge in [-0.25, -0.2) is 14.8 Å². The van der Waals surface area contributed by atoms with Crippen LogP contribution in [0.2, 0.25) is 0 Å². The molecule has 0 unspecified atom stereocenters. The van der Waals surface area contributed by atoms with Crippen molar-refractivity contribution >= 4 is 17.7 Å². The summed E-state index contributed by atoms with van der Waals surface area (Å²) in [4.78, 5) is 29.5. The molecule has 0 atom stereocenters. The highest BCUT2D eigenvalue weighted by Crippen LogP contribution is 2.22. The second-order valence-corrected chi connectivity index (χ2v) is 6.03. The van der Waals surface area contributed by atoms with Crippen molar-refractivity contribution in [3.63, 3.8) is 0 Å². The second-order valence-electron chi connectivity index (χ2n) is 6.03. The lowest BCUT2D eigenvalue weighted by atomic mass is 10.3. The van der Waals surface area contributed by atoms with Gasteiger partial charge in [0, 0.05) is 19.3 Å². The van der Waals surface area contributed by atoms with Crippen molar-refractivity contribution in [2.24, 2.45) is 4.99 Å². The molecule has 3 aromatic rings. The molecule has 1 aliphatic rings. The third kappa shape index (κ3) is 3.08. The monoisotopic (exact) mass is 343 g/mol. The second kappa shape index (κ2) is 5.70. The van der Waals surface area contributed by atoms with Gasteiger partial charge in [-0.1, -0.05) is 0 Å². The number of H-pyrrole nitrogens is 2. The number of nitrogens with zero attached hydrogens (tertiary/aromatic N) is 6. The van der Waals surface area contributed by atoms with Crippen molar-refractivity contribution in [3.8, 4) is 5.88 Å². The number of fused-ring (bicyclic) bond motifs is 1.